The minimum Gasteiger partial charge on any atom is -0.387 e. The number of nitrogens with zero attached hydrogens (tertiary/aromatic N) is 1. The topological polar surface area (TPSA) is 92.8 Å². The van der Waals surface area contributed by atoms with Gasteiger partial charge in [-0.25, -0.2) is 0 Å². The standard InChI is InChI=1S/C13H22N2O3S2/c14-12(7-19-20(16,17)18)15-8-13-4-9-1-10(5-13)3-11(2-9)6-13/h9-11H,1-8H2,(H2,14,15)(H,16,17,18). The molecule has 0 heterocycles. The van der Waals surface area contributed by atoms with E-state index in [1.165, 1.54) is 38.5 Å². The molecule has 0 aromatic heterocycles. The molecule has 4 fully saturated rings. The van der Waals surface area contributed by atoms with E-state index in [1.54, 1.807) is 0 Å². The Bertz CT molecular complexity index is 480. The third-order valence-corrected chi connectivity index (χ3v) is 7.10. The van der Waals surface area contributed by atoms with Crippen LogP contribution in [0.4, 0.5) is 0 Å². The van der Waals surface area contributed by atoms with Crippen molar-refractivity contribution >= 4 is 25.8 Å². The molecule has 114 valence electrons. The van der Waals surface area contributed by atoms with E-state index in [1.807, 2.05) is 0 Å². The average Bonchev–Trinajstić information content (AvgIpc) is 2.31. The molecule has 0 saturated heterocycles. The van der Waals surface area contributed by atoms with Crippen LogP contribution < -0.4 is 5.73 Å². The number of nitrogens with two attached hydrogens (primary N) is 1. The number of hydrogen-bond donors (Lipinski definition) is 2. The van der Waals surface area contributed by atoms with E-state index in [4.69, 9.17) is 10.3 Å². The molecule has 3 N–H and O–H groups in total. The van der Waals surface area contributed by atoms with Crippen molar-refractivity contribution in [1.29, 1.82) is 0 Å². The van der Waals surface area contributed by atoms with Gasteiger partial charge in [0.25, 0.3) is 0 Å². The minimum absolute atomic E-state index is 0.0468. The van der Waals surface area contributed by atoms with Crippen LogP contribution in [0.3, 0.4) is 0 Å². The van der Waals surface area contributed by atoms with E-state index in [9.17, 15) is 8.42 Å². The van der Waals surface area contributed by atoms with Gasteiger partial charge in [-0.1, -0.05) is 0 Å². The second-order valence-corrected chi connectivity index (χ2v) is 10.3. The Kier molecular flexibility index (Phi) is 3.79. The van der Waals surface area contributed by atoms with Crippen LogP contribution in [0.15, 0.2) is 4.99 Å². The van der Waals surface area contributed by atoms with E-state index >= 15 is 0 Å². The maximum atomic E-state index is 10.7. The van der Waals surface area contributed by atoms with Gasteiger partial charge in [-0.05, 0) is 61.7 Å². The lowest BCUT2D eigenvalue weighted by Gasteiger charge is -2.56. The van der Waals surface area contributed by atoms with Gasteiger partial charge in [0.15, 0.2) is 0 Å². The highest BCUT2D eigenvalue weighted by atomic mass is 33.1. The minimum atomic E-state index is -4.03. The Morgan fingerprint density at radius 1 is 1.20 bits per heavy atom. The summed E-state index contributed by atoms with van der Waals surface area (Å²) < 4.78 is 30.0. The van der Waals surface area contributed by atoms with Gasteiger partial charge in [-0.15, -0.1) is 0 Å². The van der Waals surface area contributed by atoms with Crippen LogP contribution in [0.25, 0.3) is 0 Å². The molecule has 0 atom stereocenters. The lowest BCUT2D eigenvalue weighted by Crippen LogP contribution is -2.47. The highest BCUT2D eigenvalue weighted by Crippen LogP contribution is 2.60. The first-order chi connectivity index (χ1) is 9.34. The van der Waals surface area contributed by atoms with E-state index in [2.05, 4.69) is 4.99 Å². The Hall–Kier alpha value is -0.270. The first-order valence-electron chi connectivity index (χ1n) is 7.24. The second kappa shape index (κ2) is 5.18. The summed E-state index contributed by atoms with van der Waals surface area (Å²) in [6.45, 7) is 0.731. The summed E-state index contributed by atoms with van der Waals surface area (Å²) in [5, 5.41) is 0. The van der Waals surface area contributed by atoms with Crippen molar-refractivity contribution in [3.63, 3.8) is 0 Å². The first kappa shape index (κ1) is 14.7. The fraction of sp³-hybridized carbons (Fsp3) is 0.923. The van der Waals surface area contributed by atoms with Crippen LogP contribution in [0.2, 0.25) is 0 Å². The van der Waals surface area contributed by atoms with Crippen LogP contribution in [0.5, 0.6) is 0 Å². The molecule has 4 rings (SSSR count). The van der Waals surface area contributed by atoms with Gasteiger partial charge < -0.3 is 5.73 Å². The maximum absolute atomic E-state index is 10.7. The molecule has 20 heavy (non-hydrogen) atoms. The zero-order valence-corrected chi connectivity index (χ0v) is 13.1. The maximum Gasteiger partial charge on any atom is 0.320 e. The van der Waals surface area contributed by atoms with Crippen molar-refractivity contribution < 1.29 is 13.0 Å². The summed E-state index contributed by atoms with van der Waals surface area (Å²) >= 11 is 0. The highest BCUT2D eigenvalue weighted by molar-refractivity contribution is 8.70. The molecule has 4 saturated carbocycles. The molecule has 0 aromatic rings. The lowest BCUT2D eigenvalue weighted by molar-refractivity contribution is -0.0465. The Balaban J connectivity index is 1.60. The van der Waals surface area contributed by atoms with Crippen LogP contribution in [0.1, 0.15) is 38.5 Å². The molecule has 7 heteroatoms. The Labute approximate surface area is 123 Å². The molecule has 4 aliphatic carbocycles. The molecule has 0 spiro atoms. The summed E-state index contributed by atoms with van der Waals surface area (Å²) in [6.07, 6.45) is 7.99. The molecule has 4 bridgehead atoms. The SMILES string of the molecule is NC(CSS(=O)(=O)O)=NCC12CC3CC(CC(C3)C1)C2. The van der Waals surface area contributed by atoms with Crippen LogP contribution in [0, 0.1) is 23.2 Å². The zero-order chi connectivity index (χ0) is 14.4. The Morgan fingerprint density at radius 2 is 1.70 bits per heavy atom. The number of amidine groups is 1. The molecular formula is C13H22N2O3S2. The van der Waals surface area contributed by atoms with Gasteiger partial charge in [0.05, 0.1) is 5.75 Å². The molecule has 0 unspecified atom stereocenters. The zero-order valence-electron chi connectivity index (χ0n) is 11.5. The molecule has 0 aliphatic heterocycles. The van der Waals surface area contributed by atoms with E-state index in [0.29, 0.717) is 22.0 Å². The van der Waals surface area contributed by atoms with E-state index in [0.717, 1.165) is 24.3 Å². The molecule has 0 amide bonds. The summed E-state index contributed by atoms with van der Waals surface area (Å²) in [5.74, 6) is 3.01. The fourth-order valence-corrected chi connectivity index (χ4v) is 6.10. The normalized spacial score (nSPS) is 40.2. The summed E-state index contributed by atoms with van der Waals surface area (Å²) in [7, 11) is -3.60. The molecule has 0 aromatic carbocycles. The summed E-state index contributed by atoms with van der Waals surface area (Å²) in [5.41, 5.74) is 6.09. The van der Waals surface area contributed by atoms with Gasteiger partial charge in [-0.3, -0.25) is 9.55 Å². The number of aliphatic imine (C=N–C) groups is 1. The molecule has 0 radical (unpaired) electrons. The van der Waals surface area contributed by atoms with Crippen molar-refractivity contribution in [2.24, 2.45) is 33.9 Å². The van der Waals surface area contributed by atoms with Gasteiger partial charge in [0.1, 0.15) is 5.84 Å². The predicted octanol–water partition coefficient (Wildman–Crippen LogP) is 2.10. The van der Waals surface area contributed by atoms with Gasteiger partial charge >= 0.3 is 9.15 Å². The van der Waals surface area contributed by atoms with Crippen molar-refractivity contribution in [2.45, 2.75) is 38.5 Å². The third-order valence-electron chi connectivity index (χ3n) is 5.14. The fourth-order valence-electron chi connectivity index (χ4n) is 4.93. The van der Waals surface area contributed by atoms with Gasteiger partial charge in [0.2, 0.25) is 0 Å². The van der Waals surface area contributed by atoms with Crippen LogP contribution >= 0.6 is 10.8 Å². The summed E-state index contributed by atoms with van der Waals surface area (Å²) in [4.78, 5) is 4.42. The van der Waals surface area contributed by atoms with Crippen LogP contribution in [-0.4, -0.2) is 31.1 Å². The average molecular weight is 318 g/mol. The predicted molar refractivity (Wildman–Crippen MR) is 81.1 cm³/mol. The monoisotopic (exact) mass is 318 g/mol. The lowest BCUT2D eigenvalue weighted by atomic mass is 9.49. The summed E-state index contributed by atoms with van der Waals surface area (Å²) in [6, 6.07) is 0. The quantitative estimate of drug-likeness (QED) is 0.350. The highest BCUT2D eigenvalue weighted by Gasteiger charge is 2.50. The van der Waals surface area contributed by atoms with Gasteiger partial charge in [0, 0.05) is 17.3 Å². The van der Waals surface area contributed by atoms with Crippen molar-refractivity contribution in [3.8, 4) is 0 Å². The number of hydrogen-bond acceptors (Lipinski definition) is 4. The Morgan fingerprint density at radius 3 is 2.15 bits per heavy atom. The van der Waals surface area contributed by atoms with Crippen molar-refractivity contribution in [3.05, 3.63) is 0 Å². The van der Waals surface area contributed by atoms with Crippen molar-refractivity contribution in [1.82, 2.24) is 0 Å². The molecular weight excluding hydrogens is 296 g/mol. The van der Waals surface area contributed by atoms with Gasteiger partial charge in [-0.2, -0.15) is 8.42 Å². The van der Waals surface area contributed by atoms with Crippen LogP contribution in [-0.2, 0) is 9.15 Å². The smallest absolute Gasteiger partial charge is 0.320 e. The second-order valence-electron chi connectivity index (χ2n) is 6.92. The third kappa shape index (κ3) is 3.31. The first-order valence-corrected chi connectivity index (χ1v) is 10.2. The number of rotatable bonds is 5. The van der Waals surface area contributed by atoms with E-state index in [-0.39, 0.29) is 5.75 Å². The van der Waals surface area contributed by atoms with Crippen molar-refractivity contribution in [2.75, 3.05) is 12.3 Å². The molecule has 5 nitrogen and oxygen atoms in total. The largest absolute Gasteiger partial charge is 0.387 e. The molecule has 4 aliphatic rings. The van der Waals surface area contributed by atoms with E-state index < -0.39 is 9.15 Å².